The van der Waals surface area contributed by atoms with E-state index in [0.29, 0.717) is 19.0 Å². The van der Waals surface area contributed by atoms with Crippen LogP contribution in [0.15, 0.2) is 12.7 Å². The van der Waals surface area contributed by atoms with Gasteiger partial charge in [-0.1, -0.05) is 13.0 Å². The zero-order chi connectivity index (χ0) is 13.5. The molecule has 0 aromatic rings. The van der Waals surface area contributed by atoms with Crippen LogP contribution in [0.3, 0.4) is 0 Å². The summed E-state index contributed by atoms with van der Waals surface area (Å²) in [6.07, 6.45) is 2.54. The predicted molar refractivity (Wildman–Crippen MR) is 69.9 cm³/mol. The minimum Gasteiger partial charge on any atom is -0.334 e. The summed E-state index contributed by atoms with van der Waals surface area (Å²) in [6.45, 7) is 7.67. The predicted octanol–water partition coefficient (Wildman–Crippen LogP) is -0.333. The number of likely N-dealkylation sites (tertiary alicyclic amines) is 1. The Labute approximate surface area is 108 Å². The molecule has 4 N–H and O–H groups in total. The molecule has 1 rings (SSSR count). The van der Waals surface area contributed by atoms with Gasteiger partial charge in [-0.05, 0) is 12.3 Å². The second-order valence-corrected chi connectivity index (χ2v) is 4.84. The number of hydrogen-bond acceptors (Lipinski definition) is 4. The third-order valence-corrected chi connectivity index (χ3v) is 2.79. The van der Waals surface area contributed by atoms with Crippen LogP contribution in [0.2, 0.25) is 0 Å². The minimum absolute atomic E-state index is 0.108. The van der Waals surface area contributed by atoms with Gasteiger partial charge < -0.3 is 11.1 Å². The molecule has 1 heterocycles. The van der Waals surface area contributed by atoms with E-state index in [1.807, 2.05) is 4.90 Å². The average molecular weight is 254 g/mol. The van der Waals surface area contributed by atoms with Crippen molar-refractivity contribution in [1.29, 1.82) is 0 Å². The van der Waals surface area contributed by atoms with Gasteiger partial charge in [0.05, 0.1) is 6.54 Å². The van der Waals surface area contributed by atoms with Gasteiger partial charge in [0, 0.05) is 25.7 Å². The van der Waals surface area contributed by atoms with Crippen LogP contribution >= 0.6 is 0 Å². The summed E-state index contributed by atoms with van der Waals surface area (Å²) in [7, 11) is 0. The maximum Gasteiger partial charge on any atom is 0.321 e. The number of amides is 3. The molecule has 0 saturated carbocycles. The Morgan fingerprint density at radius 1 is 1.50 bits per heavy atom. The molecule has 102 valence electrons. The van der Waals surface area contributed by atoms with Crippen molar-refractivity contribution < 1.29 is 9.59 Å². The second kappa shape index (κ2) is 7.13. The third kappa shape index (κ3) is 5.29. The SMILES string of the molecule is C=CCNC(=O)NC(=O)CN1CC(C)CC(N)C1. The molecular formula is C12H22N4O2. The van der Waals surface area contributed by atoms with E-state index < -0.39 is 6.03 Å². The maximum absolute atomic E-state index is 11.6. The Morgan fingerprint density at radius 2 is 2.22 bits per heavy atom. The fourth-order valence-electron chi connectivity index (χ4n) is 2.22. The molecule has 2 atom stereocenters. The lowest BCUT2D eigenvalue weighted by molar-refractivity contribution is -0.121. The zero-order valence-corrected chi connectivity index (χ0v) is 10.8. The quantitative estimate of drug-likeness (QED) is 0.599. The summed E-state index contributed by atoms with van der Waals surface area (Å²) in [5.74, 6) is 0.175. The van der Waals surface area contributed by atoms with E-state index in [0.717, 1.165) is 13.0 Å². The molecule has 6 heteroatoms. The molecule has 1 aliphatic heterocycles. The van der Waals surface area contributed by atoms with Gasteiger partial charge >= 0.3 is 6.03 Å². The number of carbonyl (C=O) groups excluding carboxylic acids is 2. The molecule has 2 unspecified atom stereocenters. The molecule has 0 aromatic heterocycles. The second-order valence-electron chi connectivity index (χ2n) is 4.84. The number of rotatable bonds is 4. The van der Waals surface area contributed by atoms with E-state index in [9.17, 15) is 9.59 Å². The van der Waals surface area contributed by atoms with Gasteiger partial charge in [0.25, 0.3) is 0 Å². The van der Waals surface area contributed by atoms with Gasteiger partial charge in [-0.2, -0.15) is 0 Å². The zero-order valence-electron chi connectivity index (χ0n) is 10.8. The molecule has 0 radical (unpaired) electrons. The van der Waals surface area contributed by atoms with E-state index >= 15 is 0 Å². The Balaban J connectivity index is 2.30. The number of imide groups is 1. The number of carbonyl (C=O) groups is 2. The van der Waals surface area contributed by atoms with E-state index in [-0.39, 0.29) is 18.5 Å². The van der Waals surface area contributed by atoms with Crippen LogP contribution in [0.5, 0.6) is 0 Å². The van der Waals surface area contributed by atoms with Gasteiger partial charge in [-0.3, -0.25) is 15.0 Å². The highest BCUT2D eigenvalue weighted by molar-refractivity contribution is 5.95. The molecule has 1 fully saturated rings. The van der Waals surface area contributed by atoms with E-state index in [1.54, 1.807) is 6.08 Å². The van der Waals surface area contributed by atoms with Gasteiger partial charge in [0.15, 0.2) is 0 Å². The number of piperidine rings is 1. The molecule has 1 saturated heterocycles. The average Bonchev–Trinajstić information content (AvgIpc) is 2.24. The van der Waals surface area contributed by atoms with Gasteiger partial charge in [0.2, 0.25) is 5.91 Å². The Kier molecular flexibility index (Phi) is 5.80. The summed E-state index contributed by atoms with van der Waals surface area (Å²) >= 11 is 0. The molecule has 3 amide bonds. The van der Waals surface area contributed by atoms with Crippen molar-refractivity contribution in [3.8, 4) is 0 Å². The van der Waals surface area contributed by atoms with Crippen LogP contribution in [-0.2, 0) is 4.79 Å². The van der Waals surface area contributed by atoms with Crippen molar-refractivity contribution in [3.05, 3.63) is 12.7 Å². The van der Waals surface area contributed by atoms with Gasteiger partial charge in [0.1, 0.15) is 0 Å². The van der Waals surface area contributed by atoms with Crippen LogP contribution in [-0.4, -0.2) is 49.1 Å². The van der Waals surface area contributed by atoms with Crippen LogP contribution in [0.4, 0.5) is 4.79 Å². The lowest BCUT2D eigenvalue weighted by Crippen LogP contribution is -2.51. The van der Waals surface area contributed by atoms with Crippen molar-refractivity contribution in [1.82, 2.24) is 15.5 Å². The number of nitrogens with two attached hydrogens (primary N) is 1. The number of nitrogens with zero attached hydrogens (tertiary/aromatic N) is 1. The minimum atomic E-state index is -0.491. The molecule has 0 bridgehead atoms. The molecule has 18 heavy (non-hydrogen) atoms. The van der Waals surface area contributed by atoms with E-state index in [2.05, 4.69) is 24.1 Å². The van der Waals surface area contributed by atoms with Gasteiger partial charge in [-0.15, -0.1) is 6.58 Å². The van der Waals surface area contributed by atoms with E-state index in [4.69, 9.17) is 5.73 Å². The fraction of sp³-hybridized carbons (Fsp3) is 0.667. The molecule has 1 aliphatic rings. The first-order valence-electron chi connectivity index (χ1n) is 6.17. The molecular weight excluding hydrogens is 232 g/mol. The number of hydrogen-bond donors (Lipinski definition) is 3. The Hall–Kier alpha value is -1.40. The Bertz CT molecular complexity index is 309. The first kappa shape index (κ1) is 14.7. The lowest BCUT2D eigenvalue weighted by atomic mass is 9.97. The molecule has 6 nitrogen and oxygen atoms in total. The summed E-state index contributed by atoms with van der Waals surface area (Å²) in [6, 6.07) is -0.384. The summed E-state index contributed by atoms with van der Waals surface area (Å²) < 4.78 is 0. The highest BCUT2D eigenvalue weighted by Crippen LogP contribution is 2.14. The van der Waals surface area contributed by atoms with Crippen molar-refractivity contribution in [2.24, 2.45) is 11.7 Å². The smallest absolute Gasteiger partial charge is 0.321 e. The standard InChI is InChI=1S/C12H22N4O2/c1-3-4-14-12(18)15-11(17)8-16-6-9(2)5-10(13)7-16/h3,9-10H,1,4-8,13H2,2H3,(H2,14,15,17,18). The lowest BCUT2D eigenvalue weighted by Gasteiger charge is -2.34. The first-order chi connectivity index (χ1) is 8.51. The topological polar surface area (TPSA) is 87.5 Å². The van der Waals surface area contributed by atoms with Crippen molar-refractivity contribution >= 4 is 11.9 Å². The number of nitrogens with one attached hydrogen (secondary N) is 2. The van der Waals surface area contributed by atoms with Crippen molar-refractivity contribution in [2.45, 2.75) is 19.4 Å². The fourth-order valence-corrected chi connectivity index (χ4v) is 2.22. The van der Waals surface area contributed by atoms with Crippen LogP contribution in [0.25, 0.3) is 0 Å². The summed E-state index contributed by atoms with van der Waals surface area (Å²) in [5, 5.41) is 4.76. The summed E-state index contributed by atoms with van der Waals surface area (Å²) in [5.41, 5.74) is 5.89. The van der Waals surface area contributed by atoms with Crippen LogP contribution in [0, 0.1) is 5.92 Å². The van der Waals surface area contributed by atoms with E-state index in [1.165, 1.54) is 0 Å². The van der Waals surface area contributed by atoms with Crippen LogP contribution in [0.1, 0.15) is 13.3 Å². The molecule has 0 spiro atoms. The first-order valence-corrected chi connectivity index (χ1v) is 6.17. The summed E-state index contributed by atoms with van der Waals surface area (Å²) in [4.78, 5) is 24.8. The van der Waals surface area contributed by atoms with Gasteiger partial charge in [-0.25, -0.2) is 4.79 Å². The molecule has 0 aliphatic carbocycles. The Morgan fingerprint density at radius 3 is 2.83 bits per heavy atom. The van der Waals surface area contributed by atoms with Crippen molar-refractivity contribution in [2.75, 3.05) is 26.2 Å². The normalized spacial score (nSPS) is 24.3. The highest BCUT2D eigenvalue weighted by Gasteiger charge is 2.23. The third-order valence-electron chi connectivity index (χ3n) is 2.79. The maximum atomic E-state index is 11.6. The van der Waals surface area contributed by atoms with Crippen molar-refractivity contribution in [3.63, 3.8) is 0 Å². The van der Waals surface area contributed by atoms with Crippen LogP contribution < -0.4 is 16.4 Å². The largest absolute Gasteiger partial charge is 0.334 e. The molecule has 0 aromatic carbocycles. The number of urea groups is 1. The monoisotopic (exact) mass is 254 g/mol. The highest BCUT2D eigenvalue weighted by atomic mass is 16.2.